The van der Waals surface area contributed by atoms with Crippen molar-refractivity contribution in [3.8, 4) is 0 Å². The Balaban J connectivity index is 0. The molecule has 0 saturated heterocycles. The summed E-state index contributed by atoms with van der Waals surface area (Å²) in [5.41, 5.74) is 0. The molecule has 0 aromatic heterocycles. The maximum Gasteiger partial charge on any atom is 0.340 e. The van der Waals surface area contributed by atoms with Crippen LogP contribution in [0, 0.1) is 0 Å². The molecule has 0 aromatic rings. The van der Waals surface area contributed by atoms with E-state index >= 15 is 0 Å². The largest absolute Gasteiger partial charge is 0.340 e. The molecule has 9 heteroatoms. The maximum atomic E-state index is 10.4. The molecule has 0 fully saturated rings. The van der Waals surface area contributed by atoms with Crippen LogP contribution in [0.3, 0.4) is 0 Å². The van der Waals surface area contributed by atoms with Crippen LogP contribution in [-0.2, 0) is 9.13 Å². The van der Waals surface area contributed by atoms with Crippen molar-refractivity contribution in [1.29, 1.82) is 0 Å². The first-order valence-corrected chi connectivity index (χ1v) is 6.16. The molecule has 71 valence electrons. The highest BCUT2D eigenvalue weighted by Gasteiger charge is 2.41. The van der Waals surface area contributed by atoms with E-state index in [1.54, 1.807) is 0 Å². The third-order valence-electron chi connectivity index (χ3n) is 1.14. The van der Waals surface area contributed by atoms with Gasteiger partial charge in [0.15, 0.2) is 5.40 Å². The first-order valence-electron chi connectivity index (χ1n) is 2.80. The fourth-order valence-electron chi connectivity index (χ4n) is 0.672. The minimum absolute atomic E-state index is 0. The molecule has 0 atom stereocenters. The number of hydrogen-bond acceptors (Lipinski definition) is 2. The zero-order valence-electron chi connectivity index (χ0n) is 6.36. The predicted octanol–water partition coefficient (Wildman–Crippen LogP) is -0.303. The first-order chi connectivity index (χ1) is 4.69. The van der Waals surface area contributed by atoms with Gasteiger partial charge in [-0.05, 0) is 6.42 Å². The van der Waals surface area contributed by atoms with E-state index in [1.165, 1.54) is 6.92 Å². The average Bonchev–Trinajstić information content (AvgIpc) is 1.56. The van der Waals surface area contributed by atoms with Crippen molar-refractivity contribution in [2.75, 3.05) is 0 Å². The third kappa shape index (κ3) is 4.41. The van der Waals surface area contributed by atoms with Crippen LogP contribution in [0.25, 0.3) is 0 Å². The lowest BCUT2D eigenvalue weighted by atomic mass is 10.6. The first kappa shape index (κ1) is 14.9. The molecule has 0 aromatic carbocycles. The molecule has 0 rings (SSSR count). The van der Waals surface area contributed by atoms with Crippen molar-refractivity contribution >= 4 is 23.6 Å². The van der Waals surface area contributed by atoms with Gasteiger partial charge in [0, 0.05) is 8.41 Å². The molecule has 3 radical (unpaired) electrons. The van der Waals surface area contributed by atoms with Gasteiger partial charge in [0.05, 0.1) is 0 Å². The van der Waals surface area contributed by atoms with E-state index in [-0.39, 0.29) is 14.8 Å². The van der Waals surface area contributed by atoms with Gasteiger partial charge in [0.2, 0.25) is 0 Å². The second-order valence-corrected chi connectivity index (χ2v) is 6.08. The van der Waals surface area contributed by atoms with Crippen molar-refractivity contribution in [3.63, 3.8) is 0 Å². The summed E-state index contributed by atoms with van der Waals surface area (Å²) >= 11 is 0. The standard InChI is InChI=1S/C3H10O6P2.B/c1-2-3(10(4,5)6)11(7,8)9;/h3H,2H2,1H3,(H2,4,5,6)(H2,7,8,9);. The summed E-state index contributed by atoms with van der Waals surface area (Å²) in [6.07, 6.45) is -0.242. The van der Waals surface area contributed by atoms with Gasteiger partial charge in [0.1, 0.15) is 0 Å². The Morgan fingerprint density at radius 2 is 1.33 bits per heavy atom. The van der Waals surface area contributed by atoms with Gasteiger partial charge in [-0.3, -0.25) is 9.13 Å². The summed E-state index contributed by atoms with van der Waals surface area (Å²) in [6.45, 7) is 1.31. The van der Waals surface area contributed by atoms with Crippen molar-refractivity contribution in [2.45, 2.75) is 18.7 Å². The third-order valence-corrected chi connectivity index (χ3v) is 5.23. The molecule has 0 saturated carbocycles. The van der Waals surface area contributed by atoms with E-state index < -0.39 is 20.6 Å². The molecule has 0 unspecified atom stereocenters. The summed E-state index contributed by atoms with van der Waals surface area (Å²) < 4.78 is 20.8. The molecule has 0 bridgehead atoms. The summed E-state index contributed by atoms with van der Waals surface area (Å²) in [6, 6.07) is 0. The van der Waals surface area contributed by atoms with Crippen LogP contribution < -0.4 is 0 Å². The van der Waals surface area contributed by atoms with Crippen molar-refractivity contribution < 1.29 is 28.7 Å². The van der Waals surface area contributed by atoms with Gasteiger partial charge in [-0.2, -0.15) is 0 Å². The van der Waals surface area contributed by atoms with E-state index in [2.05, 4.69) is 0 Å². The van der Waals surface area contributed by atoms with E-state index in [1.807, 2.05) is 0 Å². The fraction of sp³-hybridized carbons (Fsp3) is 1.00. The zero-order chi connectivity index (χ0) is 9.28. The molecule has 0 amide bonds. The van der Waals surface area contributed by atoms with Gasteiger partial charge in [-0.25, -0.2) is 0 Å². The Labute approximate surface area is 71.9 Å². The molecule has 0 heterocycles. The van der Waals surface area contributed by atoms with Crippen molar-refractivity contribution in [1.82, 2.24) is 0 Å². The van der Waals surface area contributed by atoms with Crippen molar-refractivity contribution in [3.05, 3.63) is 0 Å². The van der Waals surface area contributed by atoms with E-state index in [0.717, 1.165) is 0 Å². The highest BCUT2D eigenvalue weighted by atomic mass is 31.2. The van der Waals surface area contributed by atoms with Crippen molar-refractivity contribution in [2.24, 2.45) is 0 Å². The maximum absolute atomic E-state index is 10.4. The normalized spacial score (nSPS) is 12.8. The number of hydrogen-bond donors (Lipinski definition) is 4. The molecule has 0 aliphatic carbocycles. The van der Waals surface area contributed by atoms with E-state index in [4.69, 9.17) is 19.6 Å². The topological polar surface area (TPSA) is 115 Å². The van der Waals surface area contributed by atoms with Gasteiger partial charge in [-0.15, -0.1) is 0 Å². The summed E-state index contributed by atoms with van der Waals surface area (Å²) in [7, 11) is -9.32. The van der Waals surface area contributed by atoms with Crippen LogP contribution in [0.4, 0.5) is 0 Å². The minimum atomic E-state index is -4.66. The Morgan fingerprint density at radius 3 is 1.33 bits per heavy atom. The Hall–Kier alpha value is 0.365. The molecular formula is C3H10BO6P2. The fourth-order valence-corrected chi connectivity index (χ4v) is 3.19. The number of rotatable bonds is 3. The second kappa shape index (κ2) is 4.56. The summed E-state index contributed by atoms with van der Waals surface area (Å²) in [4.78, 5) is 33.7. The molecule has 0 spiro atoms. The molecule has 0 aliphatic heterocycles. The quantitative estimate of drug-likeness (QED) is 0.379. The van der Waals surface area contributed by atoms with E-state index in [0.29, 0.717) is 0 Å². The zero-order valence-corrected chi connectivity index (χ0v) is 8.15. The lowest BCUT2D eigenvalue weighted by Crippen LogP contribution is -2.07. The highest BCUT2D eigenvalue weighted by molar-refractivity contribution is 7.70. The Kier molecular flexibility index (Phi) is 5.65. The van der Waals surface area contributed by atoms with Crippen LogP contribution in [0.15, 0.2) is 0 Å². The van der Waals surface area contributed by atoms with Gasteiger partial charge in [-0.1, -0.05) is 6.92 Å². The van der Waals surface area contributed by atoms with Crippen LogP contribution in [0.2, 0.25) is 0 Å². The molecule has 0 aliphatic rings. The molecule has 4 N–H and O–H groups in total. The Bertz CT molecular complexity index is 195. The Morgan fingerprint density at radius 1 is 1.08 bits per heavy atom. The smallest absolute Gasteiger partial charge is 0.324 e. The molecule has 12 heavy (non-hydrogen) atoms. The minimum Gasteiger partial charge on any atom is -0.324 e. The van der Waals surface area contributed by atoms with E-state index in [9.17, 15) is 9.13 Å². The predicted molar refractivity (Wildman–Crippen MR) is 43.9 cm³/mol. The highest BCUT2D eigenvalue weighted by Crippen LogP contribution is 2.61. The van der Waals surface area contributed by atoms with Crippen LogP contribution in [0.5, 0.6) is 0 Å². The summed E-state index contributed by atoms with van der Waals surface area (Å²) in [5.74, 6) is 0. The second-order valence-electron chi connectivity index (χ2n) is 2.07. The lowest BCUT2D eigenvalue weighted by molar-refractivity contribution is 0.337. The van der Waals surface area contributed by atoms with Crippen LogP contribution in [0.1, 0.15) is 13.3 Å². The van der Waals surface area contributed by atoms with Gasteiger partial charge < -0.3 is 19.6 Å². The molecule has 6 nitrogen and oxygen atoms in total. The van der Waals surface area contributed by atoms with Crippen LogP contribution >= 0.6 is 15.2 Å². The lowest BCUT2D eigenvalue weighted by Gasteiger charge is -2.16. The van der Waals surface area contributed by atoms with Crippen LogP contribution in [-0.4, -0.2) is 33.4 Å². The average molecular weight is 215 g/mol. The summed E-state index contributed by atoms with van der Waals surface area (Å²) in [5, 5.41) is -1.85. The molecular weight excluding hydrogens is 205 g/mol. The van der Waals surface area contributed by atoms with Gasteiger partial charge >= 0.3 is 15.2 Å². The SMILES string of the molecule is CCC(P(=O)(O)O)P(=O)(O)O.[B]. The van der Waals surface area contributed by atoms with Gasteiger partial charge in [0.25, 0.3) is 0 Å². The monoisotopic (exact) mass is 215 g/mol.